The summed E-state index contributed by atoms with van der Waals surface area (Å²) in [6.07, 6.45) is 1.67. The van der Waals surface area contributed by atoms with E-state index in [1.54, 1.807) is 23.1 Å². The van der Waals surface area contributed by atoms with Gasteiger partial charge in [-0.15, -0.1) is 6.58 Å². The maximum atomic E-state index is 13.4. The first kappa shape index (κ1) is 12.7. The lowest BCUT2D eigenvalue weighted by Gasteiger charge is -2.24. The molecule has 0 aromatic heterocycles. The van der Waals surface area contributed by atoms with Crippen LogP contribution in [-0.2, 0) is 6.61 Å². The molecule has 1 rings (SSSR count). The minimum atomic E-state index is -0.438. The zero-order chi connectivity index (χ0) is 12.0. The van der Waals surface area contributed by atoms with E-state index in [1.807, 2.05) is 0 Å². The molecule has 0 amide bonds. The van der Waals surface area contributed by atoms with E-state index >= 15 is 0 Å². The van der Waals surface area contributed by atoms with E-state index in [0.29, 0.717) is 18.8 Å². The maximum Gasteiger partial charge on any atom is 0.130 e. The number of rotatable bonds is 6. The van der Waals surface area contributed by atoms with Gasteiger partial charge < -0.3 is 15.1 Å². The van der Waals surface area contributed by atoms with E-state index in [0.717, 1.165) is 0 Å². The molecular formula is C12H16FNO2. The van der Waals surface area contributed by atoms with Gasteiger partial charge >= 0.3 is 0 Å². The van der Waals surface area contributed by atoms with Gasteiger partial charge in [0.1, 0.15) is 5.82 Å². The van der Waals surface area contributed by atoms with Gasteiger partial charge in [0.2, 0.25) is 0 Å². The van der Waals surface area contributed by atoms with E-state index in [9.17, 15) is 4.39 Å². The summed E-state index contributed by atoms with van der Waals surface area (Å²) < 4.78 is 13.4. The molecule has 0 aliphatic carbocycles. The maximum absolute atomic E-state index is 13.4. The predicted molar refractivity (Wildman–Crippen MR) is 61.8 cm³/mol. The Labute approximate surface area is 94.4 Å². The van der Waals surface area contributed by atoms with E-state index < -0.39 is 5.82 Å². The molecule has 2 N–H and O–H groups in total. The Morgan fingerprint density at radius 2 is 2.12 bits per heavy atom. The number of anilines is 1. The molecule has 0 bridgehead atoms. The highest BCUT2D eigenvalue weighted by Gasteiger charge is 2.12. The molecule has 0 saturated heterocycles. The van der Waals surface area contributed by atoms with E-state index in [2.05, 4.69) is 6.58 Å². The van der Waals surface area contributed by atoms with Crippen molar-refractivity contribution in [3.63, 3.8) is 0 Å². The molecule has 0 fully saturated rings. The molecule has 0 heterocycles. The standard InChI is InChI=1S/C12H16FNO2/c1-2-6-14(7-8-15)12-5-3-4-11(13)10(12)9-16/h2-5,15-16H,1,6-9H2. The van der Waals surface area contributed by atoms with Crippen molar-refractivity contribution < 1.29 is 14.6 Å². The van der Waals surface area contributed by atoms with Gasteiger partial charge in [-0.2, -0.15) is 0 Å². The van der Waals surface area contributed by atoms with Crippen LogP contribution in [0.5, 0.6) is 0 Å². The number of nitrogens with zero attached hydrogens (tertiary/aromatic N) is 1. The summed E-state index contributed by atoms with van der Waals surface area (Å²) >= 11 is 0. The van der Waals surface area contributed by atoms with Crippen LogP contribution < -0.4 is 4.90 Å². The molecular weight excluding hydrogens is 209 g/mol. The largest absolute Gasteiger partial charge is 0.395 e. The fourth-order valence-electron chi connectivity index (χ4n) is 1.59. The van der Waals surface area contributed by atoms with Gasteiger partial charge in [0.15, 0.2) is 0 Å². The fraction of sp³-hybridized carbons (Fsp3) is 0.333. The van der Waals surface area contributed by atoms with Crippen LogP contribution >= 0.6 is 0 Å². The van der Waals surface area contributed by atoms with Crippen LogP contribution in [0, 0.1) is 5.82 Å². The Kier molecular flexibility index (Phi) is 4.95. The Morgan fingerprint density at radius 1 is 1.38 bits per heavy atom. The molecule has 0 saturated carbocycles. The van der Waals surface area contributed by atoms with Gasteiger partial charge in [-0.05, 0) is 12.1 Å². The third-order valence-corrected chi connectivity index (χ3v) is 2.31. The van der Waals surface area contributed by atoms with Crippen molar-refractivity contribution >= 4 is 5.69 Å². The number of aliphatic hydroxyl groups excluding tert-OH is 2. The Balaban J connectivity index is 3.06. The van der Waals surface area contributed by atoms with Crippen molar-refractivity contribution in [2.45, 2.75) is 6.61 Å². The summed E-state index contributed by atoms with van der Waals surface area (Å²) in [6, 6.07) is 4.60. The summed E-state index contributed by atoms with van der Waals surface area (Å²) in [6.45, 7) is 4.09. The second-order valence-electron chi connectivity index (χ2n) is 3.35. The van der Waals surface area contributed by atoms with Crippen LogP contribution in [0.15, 0.2) is 30.9 Å². The zero-order valence-corrected chi connectivity index (χ0v) is 9.06. The molecule has 16 heavy (non-hydrogen) atoms. The summed E-state index contributed by atoms with van der Waals surface area (Å²) in [5, 5.41) is 18.1. The van der Waals surface area contributed by atoms with Crippen molar-refractivity contribution in [2.75, 3.05) is 24.6 Å². The topological polar surface area (TPSA) is 43.7 Å². The molecule has 0 spiro atoms. The average molecular weight is 225 g/mol. The lowest BCUT2D eigenvalue weighted by molar-refractivity contribution is 0.275. The van der Waals surface area contributed by atoms with Crippen molar-refractivity contribution in [1.29, 1.82) is 0 Å². The highest BCUT2D eigenvalue weighted by atomic mass is 19.1. The Bertz CT molecular complexity index is 355. The molecule has 0 aliphatic rings. The molecule has 0 atom stereocenters. The van der Waals surface area contributed by atoms with Crippen LogP contribution in [0.4, 0.5) is 10.1 Å². The number of halogens is 1. The van der Waals surface area contributed by atoms with Gasteiger partial charge in [-0.25, -0.2) is 4.39 Å². The predicted octanol–water partition coefficient (Wildman–Crippen LogP) is 1.30. The second kappa shape index (κ2) is 6.25. The smallest absolute Gasteiger partial charge is 0.130 e. The quantitative estimate of drug-likeness (QED) is 0.717. The first-order chi connectivity index (χ1) is 7.74. The summed E-state index contributed by atoms with van der Waals surface area (Å²) in [5.74, 6) is -0.438. The Morgan fingerprint density at radius 3 is 2.69 bits per heavy atom. The van der Waals surface area contributed by atoms with Crippen LogP contribution in [0.2, 0.25) is 0 Å². The summed E-state index contributed by atoms with van der Waals surface area (Å²) in [4.78, 5) is 1.77. The lowest BCUT2D eigenvalue weighted by Crippen LogP contribution is -2.28. The monoisotopic (exact) mass is 225 g/mol. The van der Waals surface area contributed by atoms with Crippen LogP contribution in [-0.4, -0.2) is 29.9 Å². The normalized spacial score (nSPS) is 10.2. The first-order valence-electron chi connectivity index (χ1n) is 5.09. The lowest BCUT2D eigenvalue weighted by atomic mass is 10.1. The molecule has 1 aromatic carbocycles. The van der Waals surface area contributed by atoms with Gasteiger partial charge in [-0.1, -0.05) is 12.1 Å². The molecule has 0 aliphatic heterocycles. The van der Waals surface area contributed by atoms with Gasteiger partial charge in [-0.3, -0.25) is 0 Å². The molecule has 4 heteroatoms. The number of hydrogen-bond acceptors (Lipinski definition) is 3. The van der Waals surface area contributed by atoms with Crippen molar-refractivity contribution in [2.24, 2.45) is 0 Å². The first-order valence-corrected chi connectivity index (χ1v) is 5.09. The summed E-state index contributed by atoms with van der Waals surface area (Å²) in [5.41, 5.74) is 0.842. The van der Waals surface area contributed by atoms with Crippen LogP contribution in [0.25, 0.3) is 0 Å². The van der Waals surface area contributed by atoms with E-state index in [4.69, 9.17) is 10.2 Å². The van der Waals surface area contributed by atoms with Gasteiger partial charge in [0.05, 0.1) is 13.2 Å². The fourth-order valence-corrected chi connectivity index (χ4v) is 1.59. The third-order valence-electron chi connectivity index (χ3n) is 2.31. The van der Waals surface area contributed by atoms with Crippen molar-refractivity contribution in [1.82, 2.24) is 0 Å². The third kappa shape index (κ3) is 2.81. The number of benzene rings is 1. The van der Waals surface area contributed by atoms with Gasteiger partial charge in [0.25, 0.3) is 0 Å². The van der Waals surface area contributed by atoms with Crippen LogP contribution in [0.3, 0.4) is 0 Å². The van der Waals surface area contributed by atoms with Gasteiger partial charge in [0, 0.05) is 24.3 Å². The average Bonchev–Trinajstić information content (AvgIpc) is 2.28. The Hall–Kier alpha value is -1.39. The highest BCUT2D eigenvalue weighted by molar-refractivity contribution is 5.54. The minimum absolute atomic E-state index is 0.0325. The minimum Gasteiger partial charge on any atom is -0.395 e. The van der Waals surface area contributed by atoms with Crippen LogP contribution in [0.1, 0.15) is 5.56 Å². The SMILES string of the molecule is C=CCN(CCO)c1cccc(F)c1CO. The molecule has 0 unspecified atom stereocenters. The number of hydrogen-bond donors (Lipinski definition) is 2. The van der Waals surface area contributed by atoms with Crippen molar-refractivity contribution in [3.8, 4) is 0 Å². The van der Waals surface area contributed by atoms with E-state index in [1.165, 1.54) is 6.07 Å². The number of aliphatic hydroxyl groups is 2. The molecule has 1 aromatic rings. The van der Waals surface area contributed by atoms with Crippen molar-refractivity contribution in [3.05, 3.63) is 42.2 Å². The zero-order valence-electron chi connectivity index (χ0n) is 9.06. The summed E-state index contributed by atoms with van der Waals surface area (Å²) in [7, 11) is 0. The molecule has 88 valence electrons. The van der Waals surface area contributed by atoms with E-state index in [-0.39, 0.29) is 18.8 Å². The molecule has 3 nitrogen and oxygen atoms in total. The second-order valence-corrected chi connectivity index (χ2v) is 3.35. The molecule has 0 radical (unpaired) electrons. The highest BCUT2D eigenvalue weighted by Crippen LogP contribution is 2.23.